The van der Waals surface area contributed by atoms with E-state index in [1.54, 1.807) is 12.1 Å². The van der Waals surface area contributed by atoms with Crippen molar-refractivity contribution in [1.29, 1.82) is 10.5 Å². The first-order chi connectivity index (χ1) is 9.63. The lowest BCUT2D eigenvalue weighted by Gasteiger charge is -2.07. The van der Waals surface area contributed by atoms with E-state index in [4.69, 9.17) is 15.6 Å². The van der Waals surface area contributed by atoms with Crippen molar-refractivity contribution in [3.8, 4) is 12.1 Å². The van der Waals surface area contributed by atoms with E-state index >= 15 is 0 Å². The fourth-order valence-electron chi connectivity index (χ4n) is 1.60. The summed E-state index contributed by atoms with van der Waals surface area (Å²) in [5, 5.41) is 29.6. The molecule has 0 radical (unpaired) electrons. The Hall–Kier alpha value is -3.38. The number of nitriles is 2. The second-order valence-corrected chi connectivity index (χ2v) is 3.84. The molecule has 0 unspecified atom stereocenters. The summed E-state index contributed by atoms with van der Waals surface area (Å²) in [5.41, 5.74) is 1.59. The lowest BCUT2D eigenvalue weighted by Crippen LogP contribution is -2.01. The molecule has 1 aromatic carbocycles. The Morgan fingerprint density at radius 3 is 2.45 bits per heavy atom. The van der Waals surface area contributed by atoms with Crippen LogP contribution in [0.15, 0.2) is 36.5 Å². The van der Waals surface area contributed by atoms with Crippen molar-refractivity contribution >= 4 is 17.3 Å². The normalized spacial score (nSPS) is 9.30. The van der Waals surface area contributed by atoms with Gasteiger partial charge < -0.3 is 10.4 Å². The van der Waals surface area contributed by atoms with E-state index < -0.39 is 5.97 Å². The molecule has 6 heteroatoms. The number of hydrogen-bond donors (Lipinski definition) is 2. The van der Waals surface area contributed by atoms with Gasteiger partial charge in [0.1, 0.15) is 17.8 Å². The molecular formula is C14H8N4O2. The van der Waals surface area contributed by atoms with Gasteiger partial charge in [-0.05, 0) is 30.3 Å². The van der Waals surface area contributed by atoms with Crippen LogP contribution in [-0.4, -0.2) is 16.1 Å². The van der Waals surface area contributed by atoms with Gasteiger partial charge in [0.2, 0.25) is 0 Å². The fourth-order valence-corrected chi connectivity index (χ4v) is 1.60. The van der Waals surface area contributed by atoms with E-state index in [1.807, 2.05) is 12.1 Å². The van der Waals surface area contributed by atoms with Crippen molar-refractivity contribution in [2.75, 3.05) is 5.32 Å². The second-order valence-electron chi connectivity index (χ2n) is 3.84. The number of carboxylic acid groups (broad SMARTS) is 1. The van der Waals surface area contributed by atoms with Crippen LogP contribution in [0, 0.1) is 22.7 Å². The maximum absolute atomic E-state index is 10.8. The van der Waals surface area contributed by atoms with Crippen LogP contribution >= 0.6 is 0 Å². The van der Waals surface area contributed by atoms with Crippen molar-refractivity contribution in [3.05, 3.63) is 53.3 Å². The number of rotatable bonds is 3. The van der Waals surface area contributed by atoms with E-state index in [1.165, 1.54) is 24.4 Å². The minimum atomic E-state index is -1.12. The third-order valence-electron chi connectivity index (χ3n) is 2.53. The Labute approximate surface area is 114 Å². The zero-order chi connectivity index (χ0) is 14.5. The molecule has 0 saturated heterocycles. The number of aromatic carboxylic acids is 1. The quantitative estimate of drug-likeness (QED) is 0.879. The maximum atomic E-state index is 10.8. The van der Waals surface area contributed by atoms with Gasteiger partial charge >= 0.3 is 5.97 Å². The highest BCUT2D eigenvalue weighted by atomic mass is 16.4. The van der Waals surface area contributed by atoms with Crippen LogP contribution in [0.1, 0.15) is 21.6 Å². The molecule has 0 aliphatic heterocycles. The predicted molar refractivity (Wildman–Crippen MR) is 70.4 cm³/mol. The Balaban J connectivity index is 2.31. The summed E-state index contributed by atoms with van der Waals surface area (Å²) in [4.78, 5) is 14.5. The third-order valence-corrected chi connectivity index (χ3v) is 2.53. The summed E-state index contributed by atoms with van der Waals surface area (Å²) in [5.74, 6) is -1.12. The molecule has 96 valence electrons. The third kappa shape index (κ3) is 2.71. The SMILES string of the molecule is N#Cc1ccc(Nc2ccnc(C(=O)O)c2)cc1C#N. The molecule has 1 aromatic heterocycles. The first-order valence-corrected chi connectivity index (χ1v) is 5.54. The molecule has 1 heterocycles. The molecule has 20 heavy (non-hydrogen) atoms. The van der Waals surface area contributed by atoms with Gasteiger partial charge in [-0.2, -0.15) is 10.5 Å². The molecular weight excluding hydrogens is 256 g/mol. The molecule has 0 spiro atoms. The molecule has 0 fully saturated rings. The molecule has 0 aliphatic rings. The van der Waals surface area contributed by atoms with E-state index in [2.05, 4.69) is 10.3 Å². The molecule has 0 amide bonds. The van der Waals surface area contributed by atoms with Gasteiger partial charge in [-0.15, -0.1) is 0 Å². The first kappa shape index (κ1) is 13.1. The minimum absolute atomic E-state index is 0.0795. The number of hydrogen-bond acceptors (Lipinski definition) is 5. The number of nitrogens with one attached hydrogen (secondary N) is 1. The molecule has 0 aliphatic carbocycles. The molecule has 2 rings (SSSR count). The molecule has 0 saturated carbocycles. The highest BCUT2D eigenvalue weighted by Gasteiger charge is 2.06. The van der Waals surface area contributed by atoms with Gasteiger partial charge in [0.25, 0.3) is 0 Å². The largest absolute Gasteiger partial charge is 0.477 e. The van der Waals surface area contributed by atoms with Crippen molar-refractivity contribution in [2.24, 2.45) is 0 Å². The van der Waals surface area contributed by atoms with Crippen LogP contribution in [0.3, 0.4) is 0 Å². The zero-order valence-corrected chi connectivity index (χ0v) is 10.2. The number of carboxylic acids is 1. The minimum Gasteiger partial charge on any atom is -0.477 e. The lowest BCUT2D eigenvalue weighted by atomic mass is 10.1. The van der Waals surface area contributed by atoms with Crippen molar-refractivity contribution in [2.45, 2.75) is 0 Å². The Morgan fingerprint density at radius 2 is 1.80 bits per heavy atom. The van der Waals surface area contributed by atoms with E-state index in [0.29, 0.717) is 16.9 Å². The van der Waals surface area contributed by atoms with Crippen LogP contribution in [0.25, 0.3) is 0 Å². The molecule has 6 nitrogen and oxygen atoms in total. The summed E-state index contributed by atoms with van der Waals surface area (Å²) in [6, 6.07) is 11.5. The van der Waals surface area contributed by atoms with Crippen LogP contribution in [0.2, 0.25) is 0 Å². The van der Waals surface area contributed by atoms with Gasteiger partial charge in [-0.1, -0.05) is 0 Å². The number of pyridine rings is 1. The van der Waals surface area contributed by atoms with Crippen molar-refractivity contribution in [1.82, 2.24) is 4.98 Å². The smallest absolute Gasteiger partial charge is 0.354 e. The number of benzene rings is 1. The van der Waals surface area contributed by atoms with Crippen LogP contribution in [0.5, 0.6) is 0 Å². The predicted octanol–water partition coefficient (Wildman–Crippen LogP) is 2.27. The lowest BCUT2D eigenvalue weighted by molar-refractivity contribution is 0.0690. The van der Waals surface area contributed by atoms with E-state index in [0.717, 1.165) is 0 Å². The molecule has 2 N–H and O–H groups in total. The molecule has 0 atom stereocenters. The highest BCUT2D eigenvalue weighted by Crippen LogP contribution is 2.20. The summed E-state index contributed by atoms with van der Waals surface area (Å²) >= 11 is 0. The van der Waals surface area contributed by atoms with Crippen molar-refractivity contribution < 1.29 is 9.90 Å². The van der Waals surface area contributed by atoms with Crippen molar-refractivity contribution in [3.63, 3.8) is 0 Å². The van der Waals surface area contributed by atoms with Gasteiger partial charge in [0.05, 0.1) is 11.1 Å². The molecule has 2 aromatic rings. The average Bonchev–Trinajstić information content (AvgIpc) is 2.47. The number of nitrogens with zero attached hydrogens (tertiary/aromatic N) is 3. The Bertz CT molecular complexity index is 756. The summed E-state index contributed by atoms with van der Waals surface area (Å²) in [6.07, 6.45) is 1.38. The van der Waals surface area contributed by atoms with Crippen LogP contribution in [-0.2, 0) is 0 Å². The number of carbonyl (C=O) groups is 1. The van der Waals surface area contributed by atoms with E-state index in [-0.39, 0.29) is 11.3 Å². The zero-order valence-electron chi connectivity index (χ0n) is 10.2. The first-order valence-electron chi connectivity index (χ1n) is 5.54. The standard InChI is InChI=1S/C14H8N4O2/c15-7-9-1-2-11(5-10(9)8-16)18-12-3-4-17-13(6-12)14(19)20/h1-6H,(H,17,18)(H,19,20). The average molecular weight is 264 g/mol. The van der Waals surface area contributed by atoms with Gasteiger partial charge in [0, 0.05) is 17.6 Å². The maximum Gasteiger partial charge on any atom is 0.354 e. The number of anilines is 2. The van der Waals surface area contributed by atoms with Gasteiger partial charge in [0.15, 0.2) is 0 Å². The second kappa shape index (κ2) is 5.51. The summed E-state index contributed by atoms with van der Waals surface area (Å²) < 4.78 is 0. The fraction of sp³-hybridized carbons (Fsp3) is 0. The monoisotopic (exact) mass is 264 g/mol. The highest BCUT2D eigenvalue weighted by molar-refractivity contribution is 5.86. The van der Waals surface area contributed by atoms with E-state index in [9.17, 15) is 4.79 Å². The van der Waals surface area contributed by atoms with Gasteiger partial charge in [-0.25, -0.2) is 9.78 Å². The Morgan fingerprint density at radius 1 is 1.10 bits per heavy atom. The van der Waals surface area contributed by atoms with Crippen LogP contribution in [0.4, 0.5) is 11.4 Å². The van der Waals surface area contributed by atoms with Gasteiger partial charge in [-0.3, -0.25) is 0 Å². The topological polar surface area (TPSA) is 110 Å². The summed E-state index contributed by atoms with van der Waals surface area (Å²) in [7, 11) is 0. The molecule has 0 bridgehead atoms. The number of aromatic nitrogens is 1. The Kier molecular flexibility index (Phi) is 3.60. The summed E-state index contributed by atoms with van der Waals surface area (Å²) in [6.45, 7) is 0. The van der Waals surface area contributed by atoms with Crippen LogP contribution < -0.4 is 5.32 Å².